The lowest BCUT2D eigenvalue weighted by Gasteiger charge is -2.30. The first-order valence-corrected chi connectivity index (χ1v) is 9.24. The summed E-state index contributed by atoms with van der Waals surface area (Å²) in [5.41, 5.74) is 0. The van der Waals surface area contributed by atoms with Crippen LogP contribution in [0, 0.1) is 5.92 Å². The minimum absolute atomic E-state index is 0.00512. The SMILES string of the molecule is CNC(C)CNC(=O)C1CCN(S(=O)(=O)c2cccnc2)CC1. The molecule has 8 heteroatoms. The number of nitrogens with one attached hydrogen (secondary N) is 2. The lowest BCUT2D eigenvalue weighted by Crippen LogP contribution is -2.45. The zero-order chi connectivity index (χ0) is 16.9. The fourth-order valence-electron chi connectivity index (χ4n) is 2.51. The van der Waals surface area contributed by atoms with Gasteiger partial charge < -0.3 is 10.6 Å². The molecule has 1 aromatic heterocycles. The zero-order valence-corrected chi connectivity index (χ0v) is 14.3. The number of amides is 1. The molecule has 0 bridgehead atoms. The van der Waals surface area contributed by atoms with E-state index in [1.165, 1.54) is 10.5 Å². The van der Waals surface area contributed by atoms with Crippen LogP contribution in [0.4, 0.5) is 0 Å². The molecule has 0 spiro atoms. The number of sulfonamides is 1. The van der Waals surface area contributed by atoms with Gasteiger partial charge in [-0.05, 0) is 38.9 Å². The molecule has 0 saturated carbocycles. The molecule has 0 radical (unpaired) electrons. The van der Waals surface area contributed by atoms with Crippen molar-refractivity contribution in [3.05, 3.63) is 24.5 Å². The molecule has 128 valence electrons. The van der Waals surface area contributed by atoms with Crippen LogP contribution in [0.5, 0.6) is 0 Å². The second kappa shape index (κ2) is 7.85. The largest absolute Gasteiger partial charge is 0.354 e. The molecular weight excluding hydrogens is 316 g/mol. The average Bonchev–Trinajstić information content (AvgIpc) is 2.60. The Balaban J connectivity index is 1.90. The lowest BCUT2D eigenvalue weighted by atomic mass is 9.97. The average molecular weight is 340 g/mol. The van der Waals surface area contributed by atoms with E-state index in [0.717, 1.165) is 0 Å². The number of likely N-dealkylation sites (N-methyl/N-ethyl adjacent to an activating group) is 1. The van der Waals surface area contributed by atoms with Crippen molar-refractivity contribution in [3.63, 3.8) is 0 Å². The highest BCUT2D eigenvalue weighted by molar-refractivity contribution is 7.89. The van der Waals surface area contributed by atoms with Crippen LogP contribution in [-0.4, -0.2) is 56.3 Å². The van der Waals surface area contributed by atoms with Crippen molar-refractivity contribution in [2.45, 2.75) is 30.7 Å². The van der Waals surface area contributed by atoms with Crippen molar-refractivity contribution >= 4 is 15.9 Å². The molecule has 1 aromatic rings. The van der Waals surface area contributed by atoms with Gasteiger partial charge in [0.2, 0.25) is 15.9 Å². The number of hydrogen-bond acceptors (Lipinski definition) is 5. The molecule has 2 rings (SSSR count). The van der Waals surface area contributed by atoms with Gasteiger partial charge in [-0.25, -0.2) is 8.42 Å². The molecule has 2 heterocycles. The number of nitrogens with zero attached hydrogens (tertiary/aromatic N) is 2. The van der Waals surface area contributed by atoms with E-state index in [1.54, 1.807) is 18.3 Å². The van der Waals surface area contributed by atoms with Crippen LogP contribution in [0.15, 0.2) is 29.4 Å². The molecule has 0 aliphatic carbocycles. The molecule has 23 heavy (non-hydrogen) atoms. The maximum atomic E-state index is 12.5. The summed E-state index contributed by atoms with van der Waals surface area (Å²) in [6, 6.07) is 3.36. The topological polar surface area (TPSA) is 91.4 Å². The molecule has 1 saturated heterocycles. The molecule has 2 N–H and O–H groups in total. The van der Waals surface area contributed by atoms with Crippen LogP contribution in [0.3, 0.4) is 0 Å². The normalized spacial score (nSPS) is 18.5. The van der Waals surface area contributed by atoms with Crippen molar-refractivity contribution in [1.29, 1.82) is 0 Å². The third-order valence-electron chi connectivity index (χ3n) is 4.17. The van der Waals surface area contributed by atoms with Gasteiger partial charge in [0.15, 0.2) is 0 Å². The molecule has 7 nitrogen and oxygen atoms in total. The molecule has 0 aromatic carbocycles. The van der Waals surface area contributed by atoms with E-state index >= 15 is 0 Å². The van der Waals surface area contributed by atoms with Crippen molar-refractivity contribution in [1.82, 2.24) is 19.9 Å². The van der Waals surface area contributed by atoms with Gasteiger partial charge in [0.25, 0.3) is 0 Å². The Morgan fingerprint density at radius 1 is 1.43 bits per heavy atom. The molecule has 1 atom stereocenters. The summed E-state index contributed by atoms with van der Waals surface area (Å²) in [7, 11) is -1.67. The Labute approximate surface area is 137 Å². The van der Waals surface area contributed by atoms with Crippen LogP contribution >= 0.6 is 0 Å². The standard InChI is InChI=1S/C15H24N4O3S/c1-12(16-2)10-18-15(20)13-5-8-19(9-6-13)23(21,22)14-4-3-7-17-11-14/h3-4,7,11-13,16H,5-6,8-10H2,1-2H3,(H,18,20). The number of piperidine rings is 1. The summed E-state index contributed by atoms with van der Waals surface area (Å²) < 4.78 is 26.4. The molecule has 1 aliphatic heterocycles. The van der Waals surface area contributed by atoms with Crippen LogP contribution in [0.1, 0.15) is 19.8 Å². The Morgan fingerprint density at radius 2 is 2.13 bits per heavy atom. The molecule has 1 amide bonds. The summed E-state index contributed by atoms with van der Waals surface area (Å²) in [5, 5.41) is 5.97. The first-order chi connectivity index (χ1) is 10.9. The first-order valence-electron chi connectivity index (χ1n) is 7.80. The second-order valence-corrected chi connectivity index (χ2v) is 7.74. The van der Waals surface area contributed by atoms with Gasteiger partial charge in [0, 0.05) is 44.0 Å². The van der Waals surface area contributed by atoms with Gasteiger partial charge in [-0.1, -0.05) is 0 Å². The van der Waals surface area contributed by atoms with E-state index < -0.39 is 10.0 Å². The number of carbonyl (C=O) groups excluding carboxylic acids is 1. The van der Waals surface area contributed by atoms with Crippen LogP contribution in [0.25, 0.3) is 0 Å². The van der Waals surface area contributed by atoms with Gasteiger partial charge in [0.05, 0.1) is 0 Å². The van der Waals surface area contributed by atoms with Crippen molar-refractivity contribution in [2.24, 2.45) is 5.92 Å². The highest BCUT2D eigenvalue weighted by atomic mass is 32.2. The highest BCUT2D eigenvalue weighted by Gasteiger charge is 2.32. The Kier molecular flexibility index (Phi) is 6.09. The summed E-state index contributed by atoms with van der Waals surface area (Å²) in [5.74, 6) is -0.120. The molecule has 1 aliphatic rings. The van der Waals surface area contributed by atoms with Crippen molar-refractivity contribution in [3.8, 4) is 0 Å². The predicted octanol–water partition coefficient (Wildman–Crippen LogP) is 0.206. The van der Waals surface area contributed by atoms with Gasteiger partial charge in [-0.2, -0.15) is 4.31 Å². The molecular formula is C15H24N4O3S. The van der Waals surface area contributed by atoms with E-state index in [9.17, 15) is 13.2 Å². The zero-order valence-electron chi connectivity index (χ0n) is 13.5. The number of aromatic nitrogens is 1. The summed E-state index contributed by atoms with van der Waals surface area (Å²) in [6.45, 7) is 3.28. The Bertz CT molecular complexity index is 613. The number of rotatable bonds is 6. The summed E-state index contributed by atoms with van der Waals surface area (Å²) in [4.78, 5) is 16.2. The first kappa shape index (κ1) is 17.8. The second-order valence-electron chi connectivity index (χ2n) is 5.80. The quantitative estimate of drug-likeness (QED) is 0.772. The van der Waals surface area contributed by atoms with E-state index in [2.05, 4.69) is 15.6 Å². The van der Waals surface area contributed by atoms with E-state index in [4.69, 9.17) is 0 Å². The van der Waals surface area contributed by atoms with Gasteiger partial charge in [0.1, 0.15) is 4.90 Å². The number of carbonyl (C=O) groups is 1. The minimum Gasteiger partial charge on any atom is -0.354 e. The highest BCUT2D eigenvalue weighted by Crippen LogP contribution is 2.23. The van der Waals surface area contributed by atoms with Crippen LogP contribution in [0.2, 0.25) is 0 Å². The summed E-state index contributed by atoms with van der Waals surface area (Å²) in [6.07, 6.45) is 3.98. The van der Waals surface area contributed by atoms with Gasteiger partial charge >= 0.3 is 0 Å². The Hall–Kier alpha value is -1.51. The van der Waals surface area contributed by atoms with Crippen LogP contribution in [-0.2, 0) is 14.8 Å². The number of pyridine rings is 1. The number of hydrogen-bond donors (Lipinski definition) is 2. The van der Waals surface area contributed by atoms with E-state index in [0.29, 0.717) is 32.5 Å². The van der Waals surface area contributed by atoms with E-state index in [-0.39, 0.29) is 22.8 Å². The predicted molar refractivity (Wildman–Crippen MR) is 87.3 cm³/mol. The third kappa shape index (κ3) is 4.49. The van der Waals surface area contributed by atoms with Gasteiger partial charge in [-0.3, -0.25) is 9.78 Å². The fourth-order valence-corrected chi connectivity index (χ4v) is 3.94. The maximum absolute atomic E-state index is 12.5. The third-order valence-corrected chi connectivity index (χ3v) is 6.05. The smallest absolute Gasteiger partial charge is 0.244 e. The van der Waals surface area contributed by atoms with Gasteiger partial charge in [-0.15, -0.1) is 0 Å². The monoisotopic (exact) mass is 340 g/mol. The lowest BCUT2D eigenvalue weighted by molar-refractivity contribution is -0.126. The molecule has 1 unspecified atom stereocenters. The minimum atomic E-state index is -3.51. The Morgan fingerprint density at radius 3 is 2.70 bits per heavy atom. The summed E-state index contributed by atoms with van der Waals surface area (Å²) >= 11 is 0. The van der Waals surface area contributed by atoms with Crippen LogP contribution < -0.4 is 10.6 Å². The van der Waals surface area contributed by atoms with Crippen molar-refractivity contribution in [2.75, 3.05) is 26.7 Å². The van der Waals surface area contributed by atoms with Crippen molar-refractivity contribution < 1.29 is 13.2 Å². The molecule has 1 fully saturated rings. The van der Waals surface area contributed by atoms with E-state index in [1.807, 2.05) is 14.0 Å². The maximum Gasteiger partial charge on any atom is 0.244 e. The fraction of sp³-hybridized carbons (Fsp3) is 0.600.